The van der Waals surface area contributed by atoms with Crippen molar-refractivity contribution in [3.63, 3.8) is 0 Å². The third-order valence-electron chi connectivity index (χ3n) is 2.02. The van der Waals surface area contributed by atoms with Crippen LogP contribution >= 0.6 is 0 Å². The SMILES string of the molecule is C/N=C(/c1ccccc1C)N(C)C. The Morgan fingerprint density at radius 3 is 2.31 bits per heavy atom. The van der Waals surface area contributed by atoms with Gasteiger partial charge in [-0.1, -0.05) is 24.3 Å². The van der Waals surface area contributed by atoms with Crippen LogP contribution in [-0.4, -0.2) is 31.9 Å². The molecule has 0 saturated heterocycles. The van der Waals surface area contributed by atoms with E-state index in [9.17, 15) is 0 Å². The van der Waals surface area contributed by atoms with Crippen molar-refractivity contribution in [1.29, 1.82) is 0 Å². The van der Waals surface area contributed by atoms with Crippen molar-refractivity contribution in [2.75, 3.05) is 21.1 Å². The minimum atomic E-state index is 1.03. The summed E-state index contributed by atoms with van der Waals surface area (Å²) >= 11 is 0. The van der Waals surface area contributed by atoms with Gasteiger partial charge in [0.05, 0.1) is 0 Å². The Bertz CT molecular complexity index is 314. The number of hydrogen-bond acceptors (Lipinski definition) is 1. The largest absolute Gasteiger partial charge is 0.363 e. The quantitative estimate of drug-likeness (QED) is 0.471. The first kappa shape index (κ1) is 9.78. The molecule has 0 aliphatic rings. The van der Waals surface area contributed by atoms with Crippen LogP contribution in [0.2, 0.25) is 0 Å². The van der Waals surface area contributed by atoms with Crippen LogP contribution in [0.3, 0.4) is 0 Å². The molecule has 0 radical (unpaired) electrons. The van der Waals surface area contributed by atoms with E-state index in [1.165, 1.54) is 11.1 Å². The molecule has 2 heteroatoms. The fourth-order valence-corrected chi connectivity index (χ4v) is 1.39. The van der Waals surface area contributed by atoms with Gasteiger partial charge in [-0.3, -0.25) is 4.99 Å². The van der Waals surface area contributed by atoms with Gasteiger partial charge in [-0.2, -0.15) is 0 Å². The minimum absolute atomic E-state index is 1.03. The Kier molecular flexibility index (Phi) is 3.07. The molecule has 1 aromatic carbocycles. The molecule has 0 unspecified atom stereocenters. The summed E-state index contributed by atoms with van der Waals surface area (Å²) in [5, 5.41) is 0. The molecule has 0 aliphatic heterocycles. The van der Waals surface area contributed by atoms with E-state index in [4.69, 9.17) is 0 Å². The predicted octanol–water partition coefficient (Wildman–Crippen LogP) is 1.93. The highest BCUT2D eigenvalue weighted by Crippen LogP contribution is 2.09. The maximum Gasteiger partial charge on any atom is 0.130 e. The van der Waals surface area contributed by atoms with Gasteiger partial charge in [0.2, 0.25) is 0 Å². The Morgan fingerprint density at radius 1 is 1.23 bits per heavy atom. The molecule has 70 valence electrons. The lowest BCUT2D eigenvalue weighted by Gasteiger charge is -2.16. The van der Waals surface area contributed by atoms with Crippen molar-refractivity contribution < 1.29 is 0 Å². The summed E-state index contributed by atoms with van der Waals surface area (Å²) < 4.78 is 0. The lowest BCUT2D eigenvalue weighted by molar-refractivity contribution is 0.622. The summed E-state index contributed by atoms with van der Waals surface area (Å²) in [6, 6.07) is 8.28. The van der Waals surface area contributed by atoms with E-state index >= 15 is 0 Å². The van der Waals surface area contributed by atoms with Gasteiger partial charge in [-0.05, 0) is 12.5 Å². The van der Waals surface area contributed by atoms with E-state index < -0.39 is 0 Å². The van der Waals surface area contributed by atoms with Crippen LogP contribution in [0.25, 0.3) is 0 Å². The predicted molar refractivity (Wildman–Crippen MR) is 57.3 cm³/mol. The Hall–Kier alpha value is -1.31. The third-order valence-corrected chi connectivity index (χ3v) is 2.02. The molecule has 0 bridgehead atoms. The minimum Gasteiger partial charge on any atom is -0.363 e. The maximum atomic E-state index is 4.26. The molecule has 0 heterocycles. The van der Waals surface area contributed by atoms with Crippen molar-refractivity contribution in [3.8, 4) is 0 Å². The highest BCUT2D eigenvalue weighted by atomic mass is 15.1. The number of hydrogen-bond donors (Lipinski definition) is 0. The molecule has 0 saturated carbocycles. The van der Waals surface area contributed by atoms with Crippen LogP contribution in [0.15, 0.2) is 29.3 Å². The molecule has 1 aromatic rings. The summed E-state index contributed by atoms with van der Waals surface area (Å²) in [4.78, 5) is 6.29. The Balaban J connectivity index is 3.13. The second kappa shape index (κ2) is 4.08. The molecular weight excluding hydrogens is 160 g/mol. The molecule has 0 fully saturated rings. The number of benzene rings is 1. The molecule has 0 spiro atoms. The zero-order valence-corrected chi connectivity index (χ0v) is 8.70. The molecule has 0 atom stereocenters. The van der Waals surface area contributed by atoms with E-state index in [0.717, 1.165) is 5.84 Å². The standard InChI is InChI=1S/C11H16N2/c1-9-7-5-6-8-10(9)11(12-2)13(3)4/h5-8H,1-4H3/b12-11-. The van der Waals surface area contributed by atoms with Gasteiger partial charge in [0.1, 0.15) is 5.84 Å². The maximum absolute atomic E-state index is 4.26. The molecule has 13 heavy (non-hydrogen) atoms. The van der Waals surface area contributed by atoms with Crippen LogP contribution in [-0.2, 0) is 0 Å². The van der Waals surface area contributed by atoms with Gasteiger partial charge >= 0.3 is 0 Å². The first-order chi connectivity index (χ1) is 6.16. The average Bonchev–Trinajstić information content (AvgIpc) is 2.09. The van der Waals surface area contributed by atoms with Crippen molar-refractivity contribution in [3.05, 3.63) is 35.4 Å². The van der Waals surface area contributed by atoms with Crippen molar-refractivity contribution in [1.82, 2.24) is 4.90 Å². The van der Waals surface area contributed by atoms with E-state index in [1.807, 2.05) is 38.2 Å². The summed E-state index contributed by atoms with van der Waals surface area (Å²) in [5.74, 6) is 1.03. The lowest BCUT2D eigenvalue weighted by Crippen LogP contribution is -2.23. The number of aliphatic imine (C=N–C) groups is 1. The Morgan fingerprint density at radius 2 is 1.85 bits per heavy atom. The number of rotatable bonds is 1. The summed E-state index contributed by atoms with van der Waals surface area (Å²) in [6.07, 6.45) is 0. The van der Waals surface area contributed by atoms with Crippen LogP contribution < -0.4 is 0 Å². The summed E-state index contributed by atoms with van der Waals surface area (Å²) in [5.41, 5.74) is 2.46. The monoisotopic (exact) mass is 176 g/mol. The van der Waals surface area contributed by atoms with Crippen LogP contribution in [0, 0.1) is 6.92 Å². The van der Waals surface area contributed by atoms with Crippen LogP contribution in [0.4, 0.5) is 0 Å². The number of amidine groups is 1. The van der Waals surface area contributed by atoms with Gasteiger partial charge in [-0.25, -0.2) is 0 Å². The smallest absolute Gasteiger partial charge is 0.130 e. The summed E-state index contributed by atoms with van der Waals surface area (Å²) in [7, 11) is 5.84. The molecule has 0 aromatic heterocycles. The second-order valence-corrected chi connectivity index (χ2v) is 3.26. The fourth-order valence-electron chi connectivity index (χ4n) is 1.39. The Labute approximate surface area is 79.9 Å². The van der Waals surface area contributed by atoms with E-state index in [0.29, 0.717) is 0 Å². The molecule has 0 amide bonds. The van der Waals surface area contributed by atoms with Crippen LogP contribution in [0.1, 0.15) is 11.1 Å². The zero-order chi connectivity index (χ0) is 9.84. The van der Waals surface area contributed by atoms with Gasteiger partial charge in [0.25, 0.3) is 0 Å². The van der Waals surface area contributed by atoms with Gasteiger partial charge in [0.15, 0.2) is 0 Å². The van der Waals surface area contributed by atoms with Crippen molar-refractivity contribution in [2.24, 2.45) is 4.99 Å². The summed E-state index contributed by atoms with van der Waals surface area (Å²) in [6.45, 7) is 2.10. The first-order valence-corrected chi connectivity index (χ1v) is 4.37. The van der Waals surface area contributed by atoms with Gasteiger partial charge in [-0.15, -0.1) is 0 Å². The topological polar surface area (TPSA) is 15.6 Å². The molecule has 1 rings (SSSR count). The van der Waals surface area contributed by atoms with E-state index in [1.54, 1.807) is 0 Å². The average molecular weight is 176 g/mol. The van der Waals surface area contributed by atoms with Gasteiger partial charge < -0.3 is 4.90 Å². The van der Waals surface area contributed by atoms with Crippen molar-refractivity contribution >= 4 is 5.84 Å². The normalized spacial score (nSPS) is 11.5. The zero-order valence-electron chi connectivity index (χ0n) is 8.70. The number of aryl methyl sites for hydroxylation is 1. The van der Waals surface area contributed by atoms with Gasteiger partial charge in [0, 0.05) is 26.7 Å². The lowest BCUT2D eigenvalue weighted by atomic mass is 10.1. The number of nitrogens with zero attached hydrogens (tertiary/aromatic N) is 2. The van der Waals surface area contributed by atoms with Crippen molar-refractivity contribution in [2.45, 2.75) is 6.92 Å². The molecule has 2 nitrogen and oxygen atoms in total. The molecule has 0 aliphatic carbocycles. The van der Waals surface area contributed by atoms with E-state index in [2.05, 4.69) is 24.0 Å². The van der Waals surface area contributed by atoms with Crippen LogP contribution in [0.5, 0.6) is 0 Å². The fraction of sp³-hybridized carbons (Fsp3) is 0.364. The van der Waals surface area contributed by atoms with E-state index in [-0.39, 0.29) is 0 Å². The first-order valence-electron chi connectivity index (χ1n) is 4.37. The highest BCUT2D eigenvalue weighted by Gasteiger charge is 2.06. The third kappa shape index (κ3) is 2.08. The molecular formula is C11H16N2. The highest BCUT2D eigenvalue weighted by molar-refractivity contribution is 5.99. The molecule has 0 N–H and O–H groups in total. The second-order valence-electron chi connectivity index (χ2n) is 3.26.